The Labute approximate surface area is 202 Å². The van der Waals surface area contributed by atoms with Crippen molar-refractivity contribution in [3.05, 3.63) is 86.6 Å². The molecule has 4 rings (SSSR count). The highest BCUT2D eigenvalue weighted by Crippen LogP contribution is 2.42. The van der Waals surface area contributed by atoms with Gasteiger partial charge in [-0.25, -0.2) is 4.79 Å². The van der Waals surface area contributed by atoms with Crippen LogP contribution >= 0.6 is 23.4 Å². The number of hydrogen-bond donors (Lipinski definition) is 2. The number of rotatable bonds is 7. The van der Waals surface area contributed by atoms with Gasteiger partial charge in [-0.1, -0.05) is 41.9 Å². The number of thioether (sulfide) groups is 1. The number of non-ortho nitro benzene ring substituents is 1. The van der Waals surface area contributed by atoms with Crippen molar-refractivity contribution in [1.82, 2.24) is 10.2 Å². The number of nitro groups is 1. The Hall–Kier alpha value is -3.41. The Balaban J connectivity index is 1.39. The predicted molar refractivity (Wildman–Crippen MR) is 122 cm³/mol. The fourth-order valence-electron chi connectivity index (χ4n) is 3.52. The SMILES string of the molecule is O=C(OCc1ccc([N+](=O)[O-])cc1)C1=C(Cl)CS[C@H]2C(NC(=O)C(O)c3ccccc3)C(=O)N12. The molecule has 0 bridgehead atoms. The van der Waals surface area contributed by atoms with Crippen LogP contribution in [0.15, 0.2) is 65.3 Å². The average molecular weight is 504 g/mol. The van der Waals surface area contributed by atoms with Gasteiger partial charge >= 0.3 is 5.97 Å². The van der Waals surface area contributed by atoms with Crippen molar-refractivity contribution in [1.29, 1.82) is 0 Å². The van der Waals surface area contributed by atoms with Crippen LogP contribution in [0.1, 0.15) is 17.2 Å². The number of amides is 2. The van der Waals surface area contributed by atoms with E-state index in [0.717, 1.165) is 0 Å². The molecule has 2 amide bonds. The van der Waals surface area contributed by atoms with E-state index in [1.165, 1.54) is 40.9 Å². The molecule has 0 aliphatic carbocycles. The first-order valence-electron chi connectivity index (χ1n) is 10.0. The molecule has 1 saturated heterocycles. The summed E-state index contributed by atoms with van der Waals surface area (Å²) in [6, 6.07) is 12.9. The highest BCUT2D eigenvalue weighted by atomic mass is 35.5. The molecule has 0 radical (unpaired) electrons. The summed E-state index contributed by atoms with van der Waals surface area (Å²) in [4.78, 5) is 49.3. The van der Waals surface area contributed by atoms with Crippen molar-refractivity contribution in [3.8, 4) is 0 Å². The molecule has 2 aliphatic heterocycles. The minimum atomic E-state index is -1.44. The van der Waals surface area contributed by atoms with E-state index >= 15 is 0 Å². The highest BCUT2D eigenvalue weighted by Gasteiger charge is 2.54. The predicted octanol–water partition coefficient (Wildman–Crippen LogP) is 2.22. The van der Waals surface area contributed by atoms with Crippen LogP contribution in [0.4, 0.5) is 5.69 Å². The Morgan fingerprint density at radius 2 is 1.91 bits per heavy atom. The first kappa shape index (κ1) is 23.7. The summed E-state index contributed by atoms with van der Waals surface area (Å²) in [6.07, 6.45) is -1.44. The molecule has 2 unspecified atom stereocenters. The van der Waals surface area contributed by atoms with Gasteiger partial charge in [0.25, 0.3) is 17.5 Å². The van der Waals surface area contributed by atoms with Gasteiger partial charge < -0.3 is 15.2 Å². The van der Waals surface area contributed by atoms with Gasteiger partial charge in [0.15, 0.2) is 6.10 Å². The standard InChI is InChI=1S/C22H18ClN3O7S/c23-15-11-34-21-16(24-19(28)18(27)13-4-2-1-3-5-13)20(29)25(21)17(15)22(30)33-10-12-6-8-14(9-7-12)26(31)32/h1-9,16,18,21,27H,10-11H2,(H,24,28)/t16?,18?,21-/m0/s1. The number of hydrogen-bond acceptors (Lipinski definition) is 8. The maximum Gasteiger partial charge on any atom is 0.356 e. The van der Waals surface area contributed by atoms with Crippen molar-refractivity contribution >= 4 is 46.8 Å². The summed E-state index contributed by atoms with van der Waals surface area (Å²) in [6.45, 7) is -0.173. The summed E-state index contributed by atoms with van der Waals surface area (Å²) < 4.78 is 5.27. The number of nitrogens with zero attached hydrogens (tertiary/aromatic N) is 2. The first-order valence-corrected chi connectivity index (χ1v) is 11.5. The lowest BCUT2D eigenvalue weighted by molar-refractivity contribution is -0.384. The lowest BCUT2D eigenvalue weighted by atomic mass is 10.0. The van der Waals surface area contributed by atoms with Crippen LogP contribution in [0.2, 0.25) is 0 Å². The number of fused-ring (bicyclic) bond motifs is 1. The van der Waals surface area contributed by atoms with Gasteiger partial charge in [0.05, 0.1) is 9.96 Å². The van der Waals surface area contributed by atoms with Gasteiger partial charge in [0, 0.05) is 17.9 Å². The second-order valence-electron chi connectivity index (χ2n) is 7.46. The average Bonchev–Trinajstić information content (AvgIpc) is 2.85. The Morgan fingerprint density at radius 1 is 1.24 bits per heavy atom. The zero-order valence-corrected chi connectivity index (χ0v) is 19.0. The van der Waals surface area contributed by atoms with Crippen LogP contribution in [-0.4, -0.2) is 49.9 Å². The summed E-state index contributed by atoms with van der Waals surface area (Å²) in [5.41, 5.74) is 0.710. The lowest BCUT2D eigenvalue weighted by Gasteiger charge is -2.49. The molecule has 3 atom stereocenters. The zero-order valence-electron chi connectivity index (χ0n) is 17.4. The van der Waals surface area contributed by atoms with Crippen molar-refractivity contribution in [3.63, 3.8) is 0 Å². The van der Waals surface area contributed by atoms with Gasteiger partial charge in [-0.3, -0.25) is 24.6 Å². The second kappa shape index (κ2) is 9.84. The van der Waals surface area contributed by atoms with Crippen LogP contribution in [0.3, 0.4) is 0 Å². The molecule has 176 valence electrons. The number of esters is 1. The number of benzene rings is 2. The maximum atomic E-state index is 12.8. The topological polar surface area (TPSA) is 139 Å². The molecule has 0 spiro atoms. The van der Waals surface area contributed by atoms with Crippen LogP contribution in [0.5, 0.6) is 0 Å². The van der Waals surface area contributed by atoms with E-state index in [0.29, 0.717) is 11.1 Å². The van der Waals surface area contributed by atoms with Crippen molar-refractivity contribution in [2.24, 2.45) is 0 Å². The van der Waals surface area contributed by atoms with Gasteiger partial charge in [0.1, 0.15) is 23.7 Å². The highest BCUT2D eigenvalue weighted by molar-refractivity contribution is 8.00. The number of ether oxygens (including phenoxy) is 1. The third-order valence-corrected chi connectivity index (χ3v) is 7.04. The number of nitro benzene ring substituents is 1. The normalized spacial score (nSPS) is 20.2. The number of aliphatic hydroxyl groups is 1. The molecule has 2 aliphatic rings. The number of nitrogens with one attached hydrogen (secondary N) is 1. The van der Waals surface area contributed by atoms with Crippen molar-refractivity contribution in [2.45, 2.75) is 24.1 Å². The van der Waals surface area contributed by atoms with E-state index in [4.69, 9.17) is 16.3 Å². The van der Waals surface area contributed by atoms with Gasteiger partial charge in [-0.2, -0.15) is 0 Å². The smallest absolute Gasteiger partial charge is 0.356 e. The Morgan fingerprint density at radius 3 is 2.56 bits per heavy atom. The van der Waals surface area contributed by atoms with E-state index < -0.39 is 40.2 Å². The van der Waals surface area contributed by atoms with Crippen LogP contribution in [0, 0.1) is 10.1 Å². The molecule has 10 nitrogen and oxygen atoms in total. The molecule has 2 heterocycles. The molecular weight excluding hydrogens is 486 g/mol. The van der Waals surface area contributed by atoms with Crippen LogP contribution < -0.4 is 5.32 Å². The minimum Gasteiger partial charge on any atom is -0.456 e. The number of aliphatic hydroxyl groups excluding tert-OH is 1. The largest absolute Gasteiger partial charge is 0.456 e. The summed E-state index contributed by atoms with van der Waals surface area (Å²) in [7, 11) is 0. The van der Waals surface area contributed by atoms with E-state index in [1.807, 2.05) is 0 Å². The molecule has 2 aromatic rings. The zero-order chi connectivity index (χ0) is 24.4. The quantitative estimate of drug-likeness (QED) is 0.254. The first-order chi connectivity index (χ1) is 16.3. The summed E-state index contributed by atoms with van der Waals surface area (Å²) in [5, 5.41) is 23.1. The molecule has 0 aromatic heterocycles. The molecule has 0 saturated carbocycles. The third kappa shape index (κ3) is 4.63. The van der Waals surface area contributed by atoms with Crippen molar-refractivity contribution < 1.29 is 29.2 Å². The van der Waals surface area contributed by atoms with Crippen LogP contribution in [-0.2, 0) is 25.7 Å². The molecular formula is C22H18ClN3O7S. The minimum absolute atomic E-state index is 0.0929. The number of β-lactam (4-membered cyclic amide) rings is 1. The van der Waals surface area contributed by atoms with E-state index in [2.05, 4.69) is 5.32 Å². The summed E-state index contributed by atoms with van der Waals surface area (Å²) in [5.74, 6) is -1.87. The molecule has 2 aromatic carbocycles. The van der Waals surface area contributed by atoms with Crippen LogP contribution in [0.25, 0.3) is 0 Å². The Kier molecular flexibility index (Phi) is 6.87. The number of carbonyl (C=O) groups is 3. The van der Waals surface area contributed by atoms with E-state index in [1.54, 1.807) is 30.3 Å². The monoisotopic (exact) mass is 503 g/mol. The molecule has 2 N–H and O–H groups in total. The lowest BCUT2D eigenvalue weighted by Crippen LogP contribution is -2.70. The van der Waals surface area contributed by atoms with Gasteiger partial charge in [0.2, 0.25) is 0 Å². The summed E-state index contributed by atoms with van der Waals surface area (Å²) >= 11 is 7.49. The molecule has 34 heavy (non-hydrogen) atoms. The second-order valence-corrected chi connectivity index (χ2v) is 9.02. The Bertz CT molecular complexity index is 1170. The molecule has 1 fully saturated rings. The third-order valence-electron chi connectivity index (χ3n) is 5.29. The fraction of sp³-hybridized carbons (Fsp3) is 0.227. The van der Waals surface area contributed by atoms with Gasteiger partial charge in [-0.05, 0) is 23.3 Å². The van der Waals surface area contributed by atoms with E-state index in [9.17, 15) is 29.6 Å². The number of halogens is 1. The van der Waals surface area contributed by atoms with Crippen molar-refractivity contribution in [2.75, 3.05) is 5.75 Å². The molecule has 12 heteroatoms. The maximum absolute atomic E-state index is 12.8. The fourth-order valence-corrected chi connectivity index (χ4v) is 5.07. The number of carbonyl (C=O) groups excluding carboxylic acids is 3. The van der Waals surface area contributed by atoms with Gasteiger partial charge in [-0.15, -0.1) is 11.8 Å². The van der Waals surface area contributed by atoms with E-state index in [-0.39, 0.29) is 28.8 Å².